The second-order valence-corrected chi connectivity index (χ2v) is 17.5. The maximum absolute atomic E-state index is 14.4. The Morgan fingerprint density at radius 3 is 2.03 bits per heavy atom. The van der Waals surface area contributed by atoms with Crippen LogP contribution < -0.4 is 10.6 Å². The van der Waals surface area contributed by atoms with Crippen molar-refractivity contribution in [1.29, 1.82) is 0 Å². The Balaban J connectivity index is 1.25. The number of esters is 1. The van der Waals surface area contributed by atoms with Crippen LogP contribution in [0.4, 0.5) is 4.79 Å². The molecule has 3 aromatic rings. The maximum Gasteiger partial charge on any atom is 0.407 e. The molecule has 336 valence electrons. The zero-order valence-corrected chi connectivity index (χ0v) is 38.6. The van der Waals surface area contributed by atoms with Crippen molar-refractivity contribution in [3.63, 3.8) is 0 Å². The van der Waals surface area contributed by atoms with Crippen LogP contribution in [0.15, 0.2) is 78.9 Å². The summed E-state index contributed by atoms with van der Waals surface area (Å²) in [6.45, 7) is 10.5. The monoisotopic (exact) mass is 870 g/mol. The number of nitrogens with one attached hydrogen (secondary N) is 2. The molecule has 3 amide bonds. The van der Waals surface area contributed by atoms with Gasteiger partial charge in [-0.1, -0.05) is 132 Å². The number of hydrogen-bond acceptors (Lipinski definition) is 9. The second-order valence-electron chi connectivity index (χ2n) is 17.1. The molecule has 0 unspecified atom stereocenters. The molecule has 12 nitrogen and oxygen atoms in total. The molecule has 0 radical (unpaired) electrons. The lowest BCUT2D eigenvalue weighted by atomic mass is 9.89. The molecule has 0 aromatic heterocycles. The molecule has 1 fully saturated rings. The third kappa shape index (κ3) is 11.2. The fourth-order valence-electron chi connectivity index (χ4n) is 9.29. The molecule has 1 saturated heterocycles. The van der Waals surface area contributed by atoms with Crippen molar-refractivity contribution in [2.75, 3.05) is 41.5 Å². The maximum atomic E-state index is 14.4. The number of alkyl carbamates (subject to hydrolysis) is 1. The highest BCUT2D eigenvalue weighted by molar-refractivity contribution is 7.80. The van der Waals surface area contributed by atoms with E-state index in [0.717, 1.165) is 40.7 Å². The standard InChI is InChI=1S/C49H66N4O8S/c1-10-31(4)44(52(6)47(55)43(30(2)3)51-49(57)61-29-38-36-23-16-14-21-34(36)35-22-15-17-24-37(35)38)41(58-7)28-42(54)53-26-18-25-40(53)45(59-8)32(5)46(62)50-39(48(56)60-9)27-33-19-12-11-13-20-33/h11-17,19-24,30-32,38-41,43-45H,10,18,25-29H2,1-9H3,(H,50,62)(H,51,57)/t31-,32+,39-,40-,41+,43-,44-,45+/m0/s1. The zero-order valence-electron chi connectivity index (χ0n) is 37.8. The number of thiocarbonyl (C=S) groups is 1. The van der Waals surface area contributed by atoms with Gasteiger partial charge in [-0.2, -0.15) is 0 Å². The fraction of sp³-hybridized carbons (Fsp3) is 0.531. The molecule has 62 heavy (non-hydrogen) atoms. The topological polar surface area (TPSA) is 136 Å². The first kappa shape index (κ1) is 48.2. The first-order valence-corrected chi connectivity index (χ1v) is 22.3. The highest BCUT2D eigenvalue weighted by Crippen LogP contribution is 2.44. The van der Waals surface area contributed by atoms with Gasteiger partial charge in [0.05, 0.1) is 42.8 Å². The highest BCUT2D eigenvalue weighted by atomic mass is 32.1. The van der Waals surface area contributed by atoms with Crippen LogP contribution in [0.1, 0.15) is 82.9 Å². The number of likely N-dealkylation sites (N-methyl/N-ethyl adjacent to an activating group) is 1. The van der Waals surface area contributed by atoms with E-state index in [4.69, 9.17) is 31.2 Å². The first-order valence-electron chi connectivity index (χ1n) is 21.9. The van der Waals surface area contributed by atoms with E-state index in [1.54, 1.807) is 26.2 Å². The van der Waals surface area contributed by atoms with E-state index in [1.165, 1.54) is 7.11 Å². The molecule has 0 bridgehead atoms. The van der Waals surface area contributed by atoms with Crippen LogP contribution in [0, 0.1) is 17.8 Å². The van der Waals surface area contributed by atoms with Crippen molar-refractivity contribution in [2.24, 2.45) is 17.8 Å². The summed E-state index contributed by atoms with van der Waals surface area (Å²) in [7, 11) is 6.26. The van der Waals surface area contributed by atoms with E-state index in [2.05, 4.69) is 34.9 Å². The van der Waals surface area contributed by atoms with E-state index >= 15 is 0 Å². The number of benzene rings is 3. The lowest BCUT2D eigenvalue weighted by Crippen LogP contribution is -2.58. The molecule has 5 rings (SSSR count). The van der Waals surface area contributed by atoms with Gasteiger partial charge in [0.1, 0.15) is 18.7 Å². The van der Waals surface area contributed by atoms with Gasteiger partial charge in [-0.15, -0.1) is 0 Å². The number of ether oxygens (including phenoxy) is 4. The van der Waals surface area contributed by atoms with Crippen molar-refractivity contribution >= 4 is 41.1 Å². The Labute approximate surface area is 373 Å². The Morgan fingerprint density at radius 2 is 1.47 bits per heavy atom. The summed E-state index contributed by atoms with van der Waals surface area (Å²) >= 11 is 5.88. The van der Waals surface area contributed by atoms with Crippen molar-refractivity contribution in [3.05, 3.63) is 95.6 Å². The summed E-state index contributed by atoms with van der Waals surface area (Å²) in [5.74, 6) is -1.60. The van der Waals surface area contributed by atoms with Crippen LogP contribution in [0.2, 0.25) is 0 Å². The van der Waals surface area contributed by atoms with E-state index in [0.29, 0.717) is 24.4 Å². The summed E-state index contributed by atoms with van der Waals surface area (Å²) in [5, 5.41) is 6.11. The minimum atomic E-state index is -0.883. The van der Waals surface area contributed by atoms with E-state index in [-0.39, 0.29) is 54.6 Å². The normalized spacial score (nSPS) is 18.0. The quantitative estimate of drug-likeness (QED) is 0.0889. The lowest BCUT2D eigenvalue weighted by Gasteiger charge is -2.41. The number of likely N-dealkylation sites (tertiary alicyclic amines) is 1. The van der Waals surface area contributed by atoms with E-state index in [1.807, 2.05) is 94.1 Å². The van der Waals surface area contributed by atoms with Crippen molar-refractivity contribution in [3.8, 4) is 11.1 Å². The van der Waals surface area contributed by atoms with Gasteiger partial charge in [0, 0.05) is 46.1 Å². The Kier molecular flexibility index (Phi) is 17.5. The van der Waals surface area contributed by atoms with Gasteiger partial charge in [-0.25, -0.2) is 9.59 Å². The molecule has 0 spiro atoms. The Hall–Kier alpha value is -4.85. The van der Waals surface area contributed by atoms with Crippen LogP contribution in [0.25, 0.3) is 11.1 Å². The molecular weight excluding hydrogens is 805 g/mol. The molecule has 2 N–H and O–H groups in total. The molecule has 1 aliphatic heterocycles. The third-order valence-corrected chi connectivity index (χ3v) is 13.4. The SMILES string of the molecule is CC[C@H](C)[C@@H]([C@@H](CC(=O)N1CCC[C@H]1[C@H](OC)[C@@H](C)C(=S)N[C@@H](Cc1ccccc1)C(=O)OC)OC)N(C)C(=O)[C@@H](NC(=O)OCC1c2ccccc2-c2ccccc21)C(C)C. The van der Waals surface area contributed by atoms with Crippen LogP contribution in [-0.2, 0) is 39.8 Å². The Bertz CT molecular complexity index is 1950. The predicted molar refractivity (Wildman–Crippen MR) is 245 cm³/mol. The molecular formula is C49H66N4O8S. The van der Waals surface area contributed by atoms with Crippen LogP contribution in [-0.4, -0.2) is 117 Å². The van der Waals surface area contributed by atoms with Crippen LogP contribution in [0.3, 0.4) is 0 Å². The zero-order chi connectivity index (χ0) is 45.1. The molecule has 2 aliphatic rings. The van der Waals surface area contributed by atoms with Gasteiger partial charge in [0.25, 0.3) is 0 Å². The minimum absolute atomic E-state index is 0.0286. The van der Waals surface area contributed by atoms with Gasteiger partial charge in [-0.3, -0.25) is 9.59 Å². The number of rotatable bonds is 20. The number of hydrogen-bond donors (Lipinski definition) is 2. The van der Waals surface area contributed by atoms with Gasteiger partial charge in [0.15, 0.2) is 0 Å². The summed E-state index contributed by atoms with van der Waals surface area (Å²) in [6, 6.07) is 23.6. The summed E-state index contributed by atoms with van der Waals surface area (Å²) in [4.78, 5) is 59.0. The summed E-state index contributed by atoms with van der Waals surface area (Å²) in [5.41, 5.74) is 5.43. The first-order chi connectivity index (χ1) is 29.8. The van der Waals surface area contributed by atoms with Crippen LogP contribution >= 0.6 is 12.2 Å². The number of carbonyl (C=O) groups excluding carboxylic acids is 4. The summed E-state index contributed by atoms with van der Waals surface area (Å²) < 4.78 is 23.1. The van der Waals surface area contributed by atoms with Crippen LogP contribution in [0.5, 0.6) is 0 Å². The number of methoxy groups -OCH3 is 3. The number of nitrogens with zero attached hydrogens (tertiary/aromatic N) is 2. The smallest absolute Gasteiger partial charge is 0.407 e. The second kappa shape index (κ2) is 22.5. The van der Waals surface area contributed by atoms with Gasteiger partial charge in [0.2, 0.25) is 11.8 Å². The van der Waals surface area contributed by atoms with E-state index in [9.17, 15) is 19.2 Å². The molecule has 1 aliphatic carbocycles. The van der Waals surface area contributed by atoms with Gasteiger partial charge >= 0.3 is 12.1 Å². The molecule has 0 saturated carbocycles. The average Bonchev–Trinajstić information content (AvgIpc) is 3.90. The van der Waals surface area contributed by atoms with Gasteiger partial charge < -0.3 is 39.4 Å². The average molecular weight is 871 g/mol. The van der Waals surface area contributed by atoms with E-state index < -0.39 is 42.4 Å². The van der Waals surface area contributed by atoms with Crippen molar-refractivity contribution in [2.45, 2.75) is 109 Å². The predicted octanol–water partition coefficient (Wildman–Crippen LogP) is 7.17. The highest BCUT2D eigenvalue weighted by Gasteiger charge is 2.43. The van der Waals surface area contributed by atoms with Crippen molar-refractivity contribution < 1.29 is 38.1 Å². The lowest BCUT2D eigenvalue weighted by molar-refractivity contribution is -0.145. The Morgan fingerprint density at radius 1 is 0.855 bits per heavy atom. The fourth-order valence-corrected chi connectivity index (χ4v) is 9.57. The number of carbonyl (C=O) groups is 4. The third-order valence-electron chi connectivity index (χ3n) is 12.9. The number of fused-ring (bicyclic) bond motifs is 3. The van der Waals surface area contributed by atoms with Gasteiger partial charge in [-0.05, 0) is 52.5 Å². The number of amides is 3. The minimum Gasteiger partial charge on any atom is -0.467 e. The molecule has 1 heterocycles. The largest absolute Gasteiger partial charge is 0.467 e. The summed E-state index contributed by atoms with van der Waals surface area (Å²) in [6.07, 6.45) is 0.869. The molecule has 3 aromatic carbocycles. The van der Waals surface area contributed by atoms with Crippen molar-refractivity contribution in [1.82, 2.24) is 20.4 Å². The molecule has 8 atom stereocenters. The molecule has 13 heteroatoms.